The fourth-order valence-electron chi connectivity index (χ4n) is 3.11. The summed E-state index contributed by atoms with van der Waals surface area (Å²) in [5.41, 5.74) is 2.86. The van der Waals surface area contributed by atoms with Crippen molar-refractivity contribution in [2.24, 2.45) is 0 Å². The summed E-state index contributed by atoms with van der Waals surface area (Å²) in [6.07, 6.45) is 1.69. The Morgan fingerprint density at radius 3 is 2.44 bits per heavy atom. The zero-order valence-corrected chi connectivity index (χ0v) is 18.4. The van der Waals surface area contributed by atoms with Crippen molar-refractivity contribution in [3.63, 3.8) is 0 Å². The van der Waals surface area contributed by atoms with Crippen molar-refractivity contribution in [1.82, 2.24) is 9.78 Å². The van der Waals surface area contributed by atoms with Crippen LogP contribution in [0, 0.1) is 0 Å². The number of hydrogen-bond donors (Lipinski definition) is 1. The Balaban J connectivity index is 1.65. The Labute approximate surface area is 189 Å². The van der Waals surface area contributed by atoms with Gasteiger partial charge in [0.1, 0.15) is 11.4 Å². The molecular formula is C24H21N3O4S. The van der Waals surface area contributed by atoms with Crippen molar-refractivity contribution in [2.45, 2.75) is 6.92 Å². The number of carbonyl (C=O) groups is 2. The van der Waals surface area contributed by atoms with Crippen molar-refractivity contribution >= 4 is 28.9 Å². The lowest BCUT2D eigenvalue weighted by molar-refractivity contribution is 0.0526. The van der Waals surface area contributed by atoms with E-state index in [1.54, 1.807) is 73.4 Å². The Morgan fingerprint density at radius 1 is 1.06 bits per heavy atom. The maximum Gasteiger partial charge on any atom is 0.338 e. The summed E-state index contributed by atoms with van der Waals surface area (Å²) in [5.74, 6) is 0.0627. The van der Waals surface area contributed by atoms with Crippen molar-refractivity contribution in [3.8, 4) is 22.0 Å². The molecular weight excluding hydrogens is 426 g/mol. The van der Waals surface area contributed by atoms with Crippen LogP contribution < -0.4 is 10.1 Å². The van der Waals surface area contributed by atoms with Crippen molar-refractivity contribution < 1.29 is 19.1 Å². The van der Waals surface area contributed by atoms with Gasteiger partial charge in [-0.2, -0.15) is 5.10 Å². The van der Waals surface area contributed by atoms with Gasteiger partial charge >= 0.3 is 5.97 Å². The van der Waals surface area contributed by atoms with Gasteiger partial charge in [-0.1, -0.05) is 6.07 Å². The van der Waals surface area contributed by atoms with Gasteiger partial charge in [0.15, 0.2) is 0 Å². The number of rotatable bonds is 7. The number of methoxy groups -OCH3 is 1. The molecule has 0 bridgehead atoms. The van der Waals surface area contributed by atoms with Crippen LogP contribution in [0.1, 0.15) is 27.6 Å². The highest BCUT2D eigenvalue weighted by atomic mass is 32.1. The van der Waals surface area contributed by atoms with E-state index in [1.807, 2.05) is 17.5 Å². The van der Waals surface area contributed by atoms with E-state index in [0.29, 0.717) is 34.9 Å². The number of ether oxygens (including phenoxy) is 2. The number of aromatic nitrogens is 2. The number of carbonyl (C=O) groups excluding carboxylic acids is 2. The molecule has 1 N–H and O–H groups in total. The molecule has 4 rings (SSSR count). The standard InChI is InChI=1S/C24H21N3O4S/c1-3-31-24(29)16-6-10-18(11-7-16)27-15-20(22(26-27)21-5-4-14-32-21)23(28)25-17-8-12-19(30-2)13-9-17/h4-15H,3H2,1-2H3,(H,25,28). The van der Waals surface area contributed by atoms with E-state index < -0.39 is 0 Å². The maximum absolute atomic E-state index is 13.1. The van der Waals surface area contributed by atoms with Gasteiger partial charge in [-0.3, -0.25) is 4.79 Å². The van der Waals surface area contributed by atoms with Crippen LogP contribution in [0.4, 0.5) is 5.69 Å². The Kier molecular flexibility index (Phi) is 6.32. The number of anilines is 1. The van der Waals surface area contributed by atoms with Crippen LogP contribution in [0.3, 0.4) is 0 Å². The second-order valence-electron chi connectivity index (χ2n) is 6.76. The smallest absolute Gasteiger partial charge is 0.338 e. The first-order valence-corrected chi connectivity index (χ1v) is 10.8. The highest BCUT2D eigenvalue weighted by Crippen LogP contribution is 2.28. The largest absolute Gasteiger partial charge is 0.497 e. The van der Waals surface area contributed by atoms with Crippen LogP contribution in [0.2, 0.25) is 0 Å². The monoisotopic (exact) mass is 447 g/mol. The highest BCUT2D eigenvalue weighted by Gasteiger charge is 2.20. The van der Waals surface area contributed by atoms with Gasteiger partial charge in [-0.15, -0.1) is 11.3 Å². The minimum atomic E-state index is -0.377. The van der Waals surface area contributed by atoms with Gasteiger partial charge in [0.25, 0.3) is 5.91 Å². The lowest BCUT2D eigenvalue weighted by Crippen LogP contribution is -2.12. The molecule has 2 aromatic carbocycles. The van der Waals surface area contributed by atoms with E-state index in [2.05, 4.69) is 10.4 Å². The number of nitrogens with one attached hydrogen (secondary N) is 1. The molecule has 0 saturated carbocycles. The highest BCUT2D eigenvalue weighted by molar-refractivity contribution is 7.13. The van der Waals surface area contributed by atoms with Crippen molar-refractivity contribution in [2.75, 3.05) is 19.0 Å². The molecule has 0 atom stereocenters. The molecule has 1 amide bonds. The third-order valence-electron chi connectivity index (χ3n) is 4.70. The van der Waals surface area contributed by atoms with E-state index in [1.165, 1.54) is 11.3 Å². The van der Waals surface area contributed by atoms with E-state index in [9.17, 15) is 9.59 Å². The summed E-state index contributed by atoms with van der Waals surface area (Å²) < 4.78 is 11.8. The number of thiophene rings is 1. The lowest BCUT2D eigenvalue weighted by atomic mass is 10.2. The molecule has 0 aliphatic rings. The minimum Gasteiger partial charge on any atom is -0.497 e. The first-order valence-electron chi connectivity index (χ1n) is 9.95. The fraction of sp³-hybridized carbons (Fsp3) is 0.125. The first kappa shape index (κ1) is 21.3. The van der Waals surface area contributed by atoms with E-state index in [4.69, 9.17) is 9.47 Å². The lowest BCUT2D eigenvalue weighted by Gasteiger charge is -2.06. The molecule has 0 saturated heterocycles. The zero-order chi connectivity index (χ0) is 22.5. The Bertz CT molecular complexity index is 1210. The van der Waals surface area contributed by atoms with E-state index >= 15 is 0 Å². The average molecular weight is 448 g/mol. The topological polar surface area (TPSA) is 82.5 Å². The third-order valence-corrected chi connectivity index (χ3v) is 5.58. The maximum atomic E-state index is 13.1. The summed E-state index contributed by atoms with van der Waals surface area (Å²) in [6, 6.07) is 17.8. The Hall–Kier alpha value is -3.91. The summed E-state index contributed by atoms with van der Waals surface area (Å²) in [5, 5.41) is 9.50. The molecule has 0 unspecified atom stereocenters. The SMILES string of the molecule is CCOC(=O)c1ccc(-n2cc(C(=O)Nc3ccc(OC)cc3)c(-c3cccs3)n2)cc1. The van der Waals surface area contributed by atoms with Crippen LogP contribution in [0.5, 0.6) is 5.75 Å². The normalized spacial score (nSPS) is 10.6. The molecule has 8 heteroatoms. The van der Waals surface area contributed by atoms with Crippen LogP contribution in [0.15, 0.2) is 72.2 Å². The molecule has 0 aliphatic carbocycles. The Morgan fingerprint density at radius 2 is 1.81 bits per heavy atom. The van der Waals surface area contributed by atoms with Gasteiger partial charge in [-0.25, -0.2) is 9.48 Å². The van der Waals surface area contributed by atoms with Crippen LogP contribution in [-0.4, -0.2) is 35.4 Å². The molecule has 0 aliphatic heterocycles. The second-order valence-corrected chi connectivity index (χ2v) is 7.71. The quantitative estimate of drug-likeness (QED) is 0.402. The molecule has 162 valence electrons. The van der Waals surface area contributed by atoms with Gasteiger partial charge in [0.05, 0.1) is 35.4 Å². The second kappa shape index (κ2) is 9.49. The first-order chi connectivity index (χ1) is 15.6. The summed E-state index contributed by atoms with van der Waals surface area (Å²) in [4.78, 5) is 25.9. The summed E-state index contributed by atoms with van der Waals surface area (Å²) in [7, 11) is 1.59. The molecule has 0 spiro atoms. The predicted octanol–water partition coefficient (Wildman–Crippen LogP) is 5.04. The fourth-order valence-corrected chi connectivity index (χ4v) is 3.83. The van der Waals surface area contributed by atoms with Gasteiger partial charge in [0.2, 0.25) is 0 Å². The number of hydrogen-bond acceptors (Lipinski definition) is 6. The molecule has 2 heterocycles. The van der Waals surface area contributed by atoms with E-state index in [-0.39, 0.29) is 11.9 Å². The predicted molar refractivity (Wildman–Crippen MR) is 124 cm³/mol. The average Bonchev–Trinajstić information content (AvgIpc) is 3.50. The van der Waals surface area contributed by atoms with Gasteiger partial charge in [-0.05, 0) is 66.9 Å². The van der Waals surface area contributed by atoms with Crippen LogP contribution in [0.25, 0.3) is 16.3 Å². The molecule has 2 aromatic heterocycles. The molecule has 0 radical (unpaired) electrons. The van der Waals surface area contributed by atoms with Crippen LogP contribution in [-0.2, 0) is 4.74 Å². The van der Waals surface area contributed by atoms with Crippen molar-refractivity contribution in [1.29, 1.82) is 0 Å². The molecule has 7 nitrogen and oxygen atoms in total. The molecule has 0 fully saturated rings. The summed E-state index contributed by atoms with van der Waals surface area (Å²) in [6.45, 7) is 2.08. The molecule has 32 heavy (non-hydrogen) atoms. The van der Waals surface area contributed by atoms with E-state index in [0.717, 1.165) is 10.6 Å². The number of amides is 1. The third kappa shape index (κ3) is 4.55. The number of esters is 1. The number of nitrogens with zero attached hydrogens (tertiary/aromatic N) is 2. The summed E-state index contributed by atoms with van der Waals surface area (Å²) >= 11 is 1.51. The minimum absolute atomic E-state index is 0.270. The van der Waals surface area contributed by atoms with Crippen molar-refractivity contribution in [3.05, 3.63) is 83.4 Å². The zero-order valence-electron chi connectivity index (χ0n) is 17.6. The van der Waals surface area contributed by atoms with Crippen LogP contribution >= 0.6 is 11.3 Å². The van der Waals surface area contributed by atoms with Gasteiger partial charge < -0.3 is 14.8 Å². The number of benzene rings is 2. The molecule has 4 aromatic rings. The van der Waals surface area contributed by atoms with Gasteiger partial charge in [0, 0.05) is 11.9 Å².